The number of carbonyl (C=O) groups excluding carboxylic acids is 1. The highest BCUT2D eigenvalue weighted by atomic mass is 35.5. The molecule has 1 unspecified atom stereocenters. The SMILES string of the molecule is O=C(O)CCC(=O)OCCn1ccc2ncnc(Nc3ccc(OC4=CN(Cc5ccccc5)S(Cc5ccccc5)=C4)c(Cl)c3)c21. The maximum Gasteiger partial charge on any atom is 0.306 e. The predicted molar refractivity (Wildman–Crippen MR) is 185 cm³/mol. The Labute approximate surface area is 279 Å². The van der Waals surface area contributed by atoms with Gasteiger partial charge in [0, 0.05) is 23.0 Å². The number of carboxylic acid groups (broad SMARTS) is 1. The molecule has 0 radical (unpaired) electrons. The molecule has 10 nitrogen and oxygen atoms in total. The number of carbonyl (C=O) groups is 2. The van der Waals surface area contributed by atoms with Gasteiger partial charge in [-0.1, -0.05) is 82.9 Å². The molecule has 3 heterocycles. The molecule has 0 saturated carbocycles. The number of fused-ring (bicyclic) bond motifs is 1. The standard InChI is InChI=1S/C35H32ClN5O5S/c36-29-19-27(39-35-34-30(37-24-38-35)15-16-40(34)17-18-45-33(44)14-13-32(42)43)11-12-31(29)46-28-21-41(20-25-7-3-1-4-8-25)47(23-28)22-26-9-5-2-6-10-26/h1-12,15-16,19,21,23-24H,13-14,17-18,20,22H2,(H,42,43)(H,37,38,39). The summed E-state index contributed by atoms with van der Waals surface area (Å²) in [5.41, 5.74) is 4.61. The van der Waals surface area contributed by atoms with E-state index in [1.165, 1.54) is 17.5 Å². The van der Waals surface area contributed by atoms with Crippen molar-refractivity contribution in [3.8, 4) is 5.75 Å². The lowest BCUT2D eigenvalue weighted by Crippen LogP contribution is -2.12. The number of hydrogen-bond donors (Lipinski definition) is 2. The third kappa shape index (κ3) is 8.37. The fourth-order valence-corrected chi connectivity index (χ4v) is 7.10. The van der Waals surface area contributed by atoms with Crippen LogP contribution >= 0.6 is 22.3 Å². The van der Waals surface area contributed by atoms with Crippen LogP contribution in [-0.2, 0) is 33.2 Å². The summed E-state index contributed by atoms with van der Waals surface area (Å²) in [4.78, 5) is 31.3. The van der Waals surface area contributed by atoms with Crippen molar-refractivity contribution in [1.29, 1.82) is 0 Å². The third-order valence-corrected chi connectivity index (χ3v) is 9.54. The molecule has 0 spiro atoms. The summed E-state index contributed by atoms with van der Waals surface area (Å²) in [6.45, 7) is 1.19. The topological polar surface area (TPSA) is 119 Å². The van der Waals surface area contributed by atoms with Crippen LogP contribution in [0.1, 0.15) is 24.0 Å². The molecule has 6 rings (SSSR count). The zero-order valence-corrected chi connectivity index (χ0v) is 26.9. The summed E-state index contributed by atoms with van der Waals surface area (Å²) in [7, 11) is -0.211. The van der Waals surface area contributed by atoms with Gasteiger partial charge in [0.15, 0.2) is 11.6 Å². The monoisotopic (exact) mass is 669 g/mol. The molecule has 5 aromatic rings. The van der Waals surface area contributed by atoms with Crippen LogP contribution in [0.3, 0.4) is 0 Å². The van der Waals surface area contributed by atoms with Gasteiger partial charge in [-0.05, 0) is 35.4 Å². The number of benzene rings is 3. The normalized spacial score (nSPS) is 14.0. The minimum absolute atomic E-state index is 0.0802. The van der Waals surface area contributed by atoms with Crippen LogP contribution in [0.4, 0.5) is 11.5 Å². The van der Waals surface area contributed by atoms with E-state index < -0.39 is 11.9 Å². The molecule has 2 aromatic heterocycles. The Bertz CT molecular complexity index is 1950. The molecule has 12 heteroatoms. The number of aliphatic carboxylic acids is 1. The van der Waals surface area contributed by atoms with E-state index in [1.54, 1.807) is 6.07 Å². The van der Waals surface area contributed by atoms with Crippen molar-refractivity contribution in [2.75, 3.05) is 11.9 Å². The predicted octanol–water partition coefficient (Wildman–Crippen LogP) is 7.16. The number of hydrogen-bond acceptors (Lipinski definition) is 8. The summed E-state index contributed by atoms with van der Waals surface area (Å²) in [5, 5.41) is 14.7. The van der Waals surface area contributed by atoms with E-state index in [9.17, 15) is 9.59 Å². The highest BCUT2D eigenvalue weighted by Crippen LogP contribution is 2.36. The number of nitrogens with one attached hydrogen (secondary N) is 1. The van der Waals surface area contributed by atoms with Gasteiger partial charge in [-0.3, -0.25) is 9.59 Å². The first-order valence-corrected chi connectivity index (χ1v) is 16.7. The summed E-state index contributed by atoms with van der Waals surface area (Å²) in [5.74, 6) is 1.09. The molecule has 2 N–H and O–H groups in total. The van der Waals surface area contributed by atoms with E-state index in [4.69, 9.17) is 26.2 Å². The number of halogens is 1. The van der Waals surface area contributed by atoms with Gasteiger partial charge in [-0.15, -0.1) is 0 Å². The Kier molecular flexibility index (Phi) is 10.1. The average molecular weight is 670 g/mol. The van der Waals surface area contributed by atoms with Crippen LogP contribution in [0.25, 0.3) is 11.0 Å². The zero-order chi connectivity index (χ0) is 32.6. The molecule has 1 aliphatic rings. The largest absolute Gasteiger partial charge is 0.481 e. The van der Waals surface area contributed by atoms with Crippen molar-refractivity contribution in [3.63, 3.8) is 0 Å². The van der Waals surface area contributed by atoms with Crippen molar-refractivity contribution in [2.24, 2.45) is 0 Å². The molecule has 3 aromatic carbocycles. The summed E-state index contributed by atoms with van der Waals surface area (Å²) >= 11 is 6.74. The summed E-state index contributed by atoms with van der Waals surface area (Å²) in [6, 6.07) is 28.1. The van der Waals surface area contributed by atoms with E-state index in [0.717, 1.165) is 23.6 Å². The minimum atomic E-state index is -1.04. The Morgan fingerprint density at radius 2 is 1.70 bits per heavy atom. The first-order valence-electron chi connectivity index (χ1n) is 14.9. The molecule has 47 heavy (non-hydrogen) atoms. The van der Waals surface area contributed by atoms with Gasteiger partial charge in [0.25, 0.3) is 0 Å². The number of aromatic nitrogens is 3. The Morgan fingerprint density at radius 1 is 0.936 bits per heavy atom. The molecule has 0 bridgehead atoms. The quantitative estimate of drug-likeness (QED) is 0.0938. The average Bonchev–Trinajstić information content (AvgIpc) is 3.66. The first-order chi connectivity index (χ1) is 22.9. The van der Waals surface area contributed by atoms with E-state index >= 15 is 0 Å². The van der Waals surface area contributed by atoms with Gasteiger partial charge in [0.1, 0.15) is 24.2 Å². The number of carboxylic acids is 1. The molecule has 0 aliphatic carbocycles. The Hall–Kier alpha value is -5.13. The molecule has 240 valence electrons. The van der Waals surface area contributed by atoms with Gasteiger partial charge < -0.3 is 28.8 Å². The second kappa shape index (κ2) is 15.0. The van der Waals surface area contributed by atoms with Crippen molar-refractivity contribution in [1.82, 2.24) is 18.8 Å². The second-order valence-corrected chi connectivity index (χ2v) is 12.9. The van der Waals surface area contributed by atoms with Crippen molar-refractivity contribution in [2.45, 2.75) is 31.7 Å². The van der Waals surface area contributed by atoms with E-state index in [2.05, 4.69) is 79.7 Å². The van der Waals surface area contributed by atoms with Crippen LogP contribution in [0, 0.1) is 0 Å². The van der Waals surface area contributed by atoms with Crippen LogP contribution in [0.5, 0.6) is 5.75 Å². The lowest BCUT2D eigenvalue weighted by Gasteiger charge is -2.21. The molecule has 0 amide bonds. The molecule has 1 aliphatic heterocycles. The fourth-order valence-electron chi connectivity index (χ4n) is 5.03. The molecule has 0 saturated heterocycles. The van der Waals surface area contributed by atoms with Crippen LogP contribution < -0.4 is 10.1 Å². The third-order valence-electron chi connectivity index (χ3n) is 7.27. The Balaban J connectivity index is 1.15. The number of esters is 1. The lowest BCUT2D eigenvalue weighted by atomic mass is 10.2. The number of anilines is 2. The lowest BCUT2D eigenvalue weighted by molar-refractivity contribution is -0.147. The number of allylic oxidation sites excluding steroid dienone is 1. The molecular formula is C35H32ClN5O5S. The first kappa shape index (κ1) is 31.8. The molecule has 0 fully saturated rings. The van der Waals surface area contributed by atoms with Gasteiger partial charge in [0.2, 0.25) is 0 Å². The van der Waals surface area contributed by atoms with E-state index in [0.29, 0.717) is 34.3 Å². The number of nitrogens with zero attached hydrogens (tertiary/aromatic N) is 4. The van der Waals surface area contributed by atoms with Crippen LogP contribution in [0.2, 0.25) is 5.02 Å². The smallest absolute Gasteiger partial charge is 0.306 e. The van der Waals surface area contributed by atoms with Gasteiger partial charge in [0.05, 0.1) is 42.7 Å². The maximum atomic E-state index is 11.8. The van der Waals surface area contributed by atoms with Gasteiger partial charge in [-0.25, -0.2) is 9.97 Å². The van der Waals surface area contributed by atoms with Crippen LogP contribution in [-0.4, -0.2) is 47.9 Å². The highest BCUT2D eigenvalue weighted by molar-refractivity contribution is 8.12. The maximum absolute atomic E-state index is 11.8. The fraction of sp³-hybridized carbons (Fsp3) is 0.171. The molecular weight excluding hydrogens is 638 g/mol. The van der Waals surface area contributed by atoms with Crippen molar-refractivity contribution in [3.05, 3.63) is 126 Å². The minimum Gasteiger partial charge on any atom is -0.481 e. The number of rotatable bonds is 14. The van der Waals surface area contributed by atoms with E-state index in [1.807, 2.05) is 41.1 Å². The second-order valence-electron chi connectivity index (χ2n) is 10.7. The van der Waals surface area contributed by atoms with Crippen LogP contribution in [0.15, 0.2) is 109 Å². The van der Waals surface area contributed by atoms with Gasteiger partial charge >= 0.3 is 11.9 Å². The summed E-state index contributed by atoms with van der Waals surface area (Å²) in [6.07, 6.45) is 4.91. The van der Waals surface area contributed by atoms with Gasteiger partial charge in [-0.2, -0.15) is 0 Å². The van der Waals surface area contributed by atoms with Crippen molar-refractivity contribution < 1.29 is 24.2 Å². The Morgan fingerprint density at radius 3 is 2.45 bits per heavy atom. The van der Waals surface area contributed by atoms with Crippen molar-refractivity contribution >= 4 is 62.1 Å². The zero-order valence-electron chi connectivity index (χ0n) is 25.3. The summed E-state index contributed by atoms with van der Waals surface area (Å²) < 4.78 is 15.7. The highest BCUT2D eigenvalue weighted by Gasteiger charge is 2.19. The number of ether oxygens (including phenoxy) is 2. The van der Waals surface area contributed by atoms with E-state index in [-0.39, 0.29) is 30.1 Å². The molecule has 1 atom stereocenters.